The minimum absolute atomic E-state index is 0.0153. The summed E-state index contributed by atoms with van der Waals surface area (Å²) in [6.45, 7) is -0.639. The van der Waals surface area contributed by atoms with Crippen molar-refractivity contribution in [3.8, 4) is 11.5 Å². The number of ether oxygens (including phenoxy) is 2. The van der Waals surface area contributed by atoms with Gasteiger partial charge in [-0.15, -0.1) is 0 Å². The second-order valence-electron chi connectivity index (χ2n) is 12.2. The van der Waals surface area contributed by atoms with Crippen molar-refractivity contribution in [1.29, 1.82) is 0 Å². The number of methoxy groups -OCH3 is 2. The van der Waals surface area contributed by atoms with E-state index in [-0.39, 0.29) is 41.2 Å². The second kappa shape index (κ2) is 17.0. The van der Waals surface area contributed by atoms with Crippen LogP contribution in [-0.2, 0) is 32.6 Å². The number of benzene rings is 4. The molecule has 1 fully saturated rings. The van der Waals surface area contributed by atoms with Gasteiger partial charge in [0, 0.05) is 29.5 Å². The Morgan fingerprint density at radius 2 is 1.54 bits per heavy atom. The summed E-state index contributed by atoms with van der Waals surface area (Å²) in [7, 11) is -1.61. The minimum Gasteiger partial charge on any atom is -0.493 e. The van der Waals surface area contributed by atoms with Crippen LogP contribution in [0.4, 0.5) is 10.1 Å². The van der Waals surface area contributed by atoms with Crippen molar-refractivity contribution >= 4 is 43.5 Å². The Balaban J connectivity index is 1.58. The first-order chi connectivity index (χ1) is 24.1. The largest absolute Gasteiger partial charge is 0.493 e. The third kappa shape index (κ3) is 9.22. The van der Waals surface area contributed by atoms with Gasteiger partial charge in [-0.05, 0) is 72.5 Å². The lowest BCUT2D eigenvalue weighted by atomic mass is 9.94. The Bertz CT molecular complexity index is 1870. The average molecular weight is 767 g/mol. The van der Waals surface area contributed by atoms with Gasteiger partial charge in [-0.2, -0.15) is 0 Å². The SMILES string of the molecule is COc1ccc(S(=O)(=O)N(CC(=O)N(Cc2cccc(Br)c2)C(Cc2ccccc2)C(=O)NC2CCCCC2)c2ccc(F)cc2)cc1OC. The molecule has 1 N–H and O–H groups in total. The molecule has 4 aromatic rings. The van der Waals surface area contributed by atoms with Crippen molar-refractivity contribution < 1.29 is 31.9 Å². The lowest BCUT2D eigenvalue weighted by Crippen LogP contribution is -2.55. The van der Waals surface area contributed by atoms with Crippen molar-refractivity contribution in [3.63, 3.8) is 0 Å². The number of anilines is 1. The molecule has 0 spiro atoms. The molecule has 1 atom stereocenters. The zero-order valence-corrected chi connectivity index (χ0v) is 30.5. The number of rotatable bonds is 14. The maximum absolute atomic E-state index is 14.7. The van der Waals surface area contributed by atoms with E-state index in [2.05, 4.69) is 21.2 Å². The van der Waals surface area contributed by atoms with Gasteiger partial charge in [-0.1, -0.05) is 77.7 Å². The van der Waals surface area contributed by atoms with Crippen LogP contribution in [0.2, 0.25) is 0 Å². The van der Waals surface area contributed by atoms with Crippen LogP contribution in [0.1, 0.15) is 43.2 Å². The second-order valence-corrected chi connectivity index (χ2v) is 15.0. The lowest BCUT2D eigenvalue weighted by molar-refractivity contribution is -0.140. The Hall–Kier alpha value is -4.42. The van der Waals surface area contributed by atoms with E-state index in [0.29, 0.717) is 5.75 Å². The molecule has 2 amide bonds. The minimum atomic E-state index is -4.44. The van der Waals surface area contributed by atoms with E-state index in [9.17, 15) is 22.4 Å². The van der Waals surface area contributed by atoms with E-state index in [1.807, 2.05) is 54.6 Å². The molecule has 0 aliphatic heterocycles. The van der Waals surface area contributed by atoms with Gasteiger partial charge in [-0.3, -0.25) is 13.9 Å². The van der Waals surface area contributed by atoms with Crippen LogP contribution in [0.25, 0.3) is 0 Å². The first-order valence-electron chi connectivity index (χ1n) is 16.5. The number of nitrogens with one attached hydrogen (secondary N) is 1. The van der Waals surface area contributed by atoms with Crippen molar-refractivity contribution in [2.75, 3.05) is 25.1 Å². The predicted octanol–water partition coefficient (Wildman–Crippen LogP) is 6.89. The number of sulfonamides is 1. The maximum Gasteiger partial charge on any atom is 0.264 e. The summed E-state index contributed by atoms with van der Waals surface area (Å²) >= 11 is 3.51. The molecule has 9 nitrogen and oxygen atoms in total. The zero-order chi connectivity index (χ0) is 35.7. The molecule has 50 heavy (non-hydrogen) atoms. The highest BCUT2D eigenvalue weighted by atomic mass is 79.9. The van der Waals surface area contributed by atoms with Crippen molar-refractivity contribution in [1.82, 2.24) is 10.2 Å². The Kier molecular flexibility index (Phi) is 12.5. The third-order valence-electron chi connectivity index (χ3n) is 8.80. The fourth-order valence-corrected chi connectivity index (χ4v) is 8.05. The van der Waals surface area contributed by atoms with Gasteiger partial charge in [0.05, 0.1) is 24.8 Å². The number of amides is 2. The molecule has 0 aromatic heterocycles. The molecule has 12 heteroatoms. The molecule has 0 bridgehead atoms. The smallest absolute Gasteiger partial charge is 0.264 e. The molecule has 5 rings (SSSR count). The number of nitrogens with zero attached hydrogens (tertiary/aromatic N) is 2. The monoisotopic (exact) mass is 765 g/mol. The number of hydrogen-bond acceptors (Lipinski definition) is 6. The molecule has 4 aromatic carbocycles. The quantitative estimate of drug-likeness (QED) is 0.150. The van der Waals surface area contributed by atoms with Crippen LogP contribution in [0.3, 0.4) is 0 Å². The first-order valence-corrected chi connectivity index (χ1v) is 18.7. The molecule has 264 valence electrons. The molecule has 1 saturated carbocycles. The number of carbonyl (C=O) groups excluding carboxylic acids is 2. The summed E-state index contributed by atoms with van der Waals surface area (Å²) in [6.07, 6.45) is 5.04. The Morgan fingerprint density at radius 1 is 0.860 bits per heavy atom. The van der Waals surface area contributed by atoms with Gasteiger partial charge in [0.1, 0.15) is 18.4 Å². The summed E-state index contributed by atoms with van der Waals surface area (Å²) in [6, 6.07) is 24.8. The number of hydrogen-bond donors (Lipinski definition) is 1. The first kappa shape index (κ1) is 36.9. The van der Waals surface area contributed by atoms with Gasteiger partial charge in [0.25, 0.3) is 10.0 Å². The van der Waals surface area contributed by atoms with Gasteiger partial charge in [0.2, 0.25) is 11.8 Å². The van der Waals surface area contributed by atoms with Crippen LogP contribution in [0, 0.1) is 5.82 Å². The van der Waals surface area contributed by atoms with E-state index in [4.69, 9.17) is 9.47 Å². The van der Waals surface area contributed by atoms with E-state index in [0.717, 1.165) is 64.1 Å². The van der Waals surface area contributed by atoms with Gasteiger partial charge in [-0.25, -0.2) is 12.8 Å². The summed E-state index contributed by atoms with van der Waals surface area (Å²) in [4.78, 5) is 30.3. The molecule has 1 aliphatic carbocycles. The third-order valence-corrected chi connectivity index (χ3v) is 11.1. The Morgan fingerprint density at radius 3 is 2.20 bits per heavy atom. The van der Waals surface area contributed by atoms with Crippen LogP contribution < -0.4 is 19.1 Å². The zero-order valence-electron chi connectivity index (χ0n) is 28.1. The standard InChI is InChI=1S/C38H41BrFN3O6S/c1-48-35-21-20-33(24-36(35)49-2)50(46,47)43(32-18-16-30(40)17-19-32)26-37(44)42(25-28-12-9-13-29(39)22-28)34(23-27-10-5-3-6-11-27)38(45)41-31-14-7-4-8-15-31/h3,5-6,9-13,16-22,24,31,34H,4,7-8,14-15,23,25-26H2,1-2H3,(H,41,45). The van der Waals surface area contributed by atoms with Crippen LogP contribution >= 0.6 is 15.9 Å². The predicted molar refractivity (Wildman–Crippen MR) is 194 cm³/mol. The highest BCUT2D eigenvalue weighted by Gasteiger charge is 2.36. The number of carbonyl (C=O) groups is 2. The molecule has 0 radical (unpaired) electrons. The molecular weight excluding hydrogens is 725 g/mol. The fourth-order valence-electron chi connectivity index (χ4n) is 6.17. The lowest BCUT2D eigenvalue weighted by Gasteiger charge is -2.35. The van der Waals surface area contributed by atoms with E-state index >= 15 is 0 Å². The maximum atomic E-state index is 14.7. The van der Waals surface area contributed by atoms with Gasteiger partial charge < -0.3 is 19.7 Å². The van der Waals surface area contributed by atoms with Crippen molar-refractivity contribution in [3.05, 3.63) is 118 Å². The van der Waals surface area contributed by atoms with Gasteiger partial charge >= 0.3 is 0 Å². The molecular formula is C38H41BrFN3O6S. The Labute approximate surface area is 301 Å². The summed E-state index contributed by atoms with van der Waals surface area (Å²) in [5.74, 6) is -0.985. The van der Waals surface area contributed by atoms with Crippen LogP contribution in [0.5, 0.6) is 11.5 Å². The topological polar surface area (TPSA) is 105 Å². The van der Waals surface area contributed by atoms with E-state index < -0.39 is 34.3 Å². The highest BCUT2D eigenvalue weighted by Crippen LogP contribution is 2.33. The van der Waals surface area contributed by atoms with Gasteiger partial charge in [0.15, 0.2) is 11.5 Å². The summed E-state index contributed by atoms with van der Waals surface area (Å²) in [5, 5.41) is 3.20. The highest BCUT2D eigenvalue weighted by molar-refractivity contribution is 9.10. The number of halogens is 2. The van der Waals surface area contributed by atoms with Crippen molar-refractivity contribution in [2.24, 2.45) is 0 Å². The average Bonchev–Trinajstić information content (AvgIpc) is 3.12. The van der Waals surface area contributed by atoms with E-state index in [1.165, 1.54) is 49.5 Å². The van der Waals surface area contributed by atoms with Crippen molar-refractivity contribution in [2.45, 2.75) is 62.0 Å². The summed E-state index contributed by atoms with van der Waals surface area (Å²) in [5.41, 5.74) is 1.66. The normalized spacial score (nSPS) is 14.0. The van der Waals surface area contributed by atoms with E-state index in [1.54, 1.807) is 0 Å². The molecule has 1 aliphatic rings. The molecule has 0 saturated heterocycles. The van der Waals surface area contributed by atoms with Crippen LogP contribution in [0.15, 0.2) is 106 Å². The summed E-state index contributed by atoms with van der Waals surface area (Å²) < 4.78 is 55.2. The molecule has 0 heterocycles. The fraction of sp³-hybridized carbons (Fsp3) is 0.316. The molecule has 1 unspecified atom stereocenters. The van der Waals surface area contributed by atoms with Crippen LogP contribution in [-0.4, -0.2) is 58.0 Å².